The molecule has 1 saturated heterocycles. The lowest BCUT2D eigenvalue weighted by atomic mass is 10.0. The van der Waals surface area contributed by atoms with Gasteiger partial charge in [-0.3, -0.25) is 9.59 Å². The van der Waals surface area contributed by atoms with Crippen LogP contribution in [0.3, 0.4) is 0 Å². The summed E-state index contributed by atoms with van der Waals surface area (Å²) in [4.78, 5) is 29.7. The number of ketones is 1. The van der Waals surface area contributed by atoms with Crippen molar-refractivity contribution in [2.75, 3.05) is 44.7 Å². The van der Waals surface area contributed by atoms with Crippen molar-refractivity contribution in [3.8, 4) is 5.75 Å². The van der Waals surface area contributed by atoms with Gasteiger partial charge in [-0.25, -0.2) is 4.39 Å². The molecular formula is C21H26FN3O3. The summed E-state index contributed by atoms with van der Waals surface area (Å²) in [5.74, 6) is -0.239. The van der Waals surface area contributed by atoms with Crippen LogP contribution in [0.1, 0.15) is 43.1 Å². The van der Waals surface area contributed by atoms with Crippen molar-refractivity contribution in [2.24, 2.45) is 0 Å². The maximum atomic E-state index is 15.2. The largest absolute Gasteiger partial charge is 0.487 e. The van der Waals surface area contributed by atoms with Gasteiger partial charge in [-0.2, -0.15) is 0 Å². The second kappa shape index (κ2) is 7.20. The Morgan fingerprint density at radius 2 is 2.00 bits per heavy atom. The number of aromatic nitrogens is 1. The van der Waals surface area contributed by atoms with Gasteiger partial charge in [0.1, 0.15) is 12.3 Å². The van der Waals surface area contributed by atoms with Gasteiger partial charge in [-0.15, -0.1) is 0 Å². The third kappa shape index (κ3) is 2.98. The van der Waals surface area contributed by atoms with E-state index in [0.29, 0.717) is 49.5 Å². The molecule has 1 aromatic carbocycles. The van der Waals surface area contributed by atoms with Crippen LogP contribution in [0.5, 0.6) is 5.75 Å². The molecular weight excluding hydrogens is 361 g/mol. The molecule has 4 rings (SSSR count). The van der Waals surface area contributed by atoms with Crippen molar-refractivity contribution in [3.63, 3.8) is 0 Å². The van der Waals surface area contributed by atoms with Crippen LogP contribution < -0.4 is 15.1 Å². The smallest absolute Gasteiger partial charge is 0.200 e. The number of anilines is 1. The van der Waals surface area contributed by atoms with Crippen molar-refractivity contribution in [1.82, 2.24) is 9.47 Å². The number of pyridine rings is 1. The first-order valence-electron chi connectivity index (χ1n) is 9.93. The first-order valence-corrected chi connectivity index (χ1v) is 9.93. The van der Waals surface area contributed by atoms with Gasteiger partial charge in [-0.05, 0) is 26.5 Å². The molecule has 0 saturated carbocycles. The highest BCUT2D eigenvalue weighted by molar-refractivity contribution is 6.01. The maximum absolute atomic E-state index is 15.2. The van der Waals surface area contributed by atoms with Gasteiger partial charge >= 0.3 is 0 Å². The Bertz CT molecular complexity index is 993. The normalized spacial score (nSPS) is 19.7. The molecule has 0 N–H and O–H groups in total. The Morgan fingerprint density at radius 3 is 2.68 bits per heavy atom. The molecule has 1 aromatic heterocycles. The summed E-state index contributed by atoms with van der Waals surface area (Å²) in [5.41, 5.74) is 0.744. The summed E-state index contributed by atoms with van der Waals surface area (Å²) in [6.45, 7) is 7.31. The molecule has 3 heterocycles. The predicted molar refractivity (Wildman–Crippen MR) is 107 cm³/mol. The van der Waals surface area contributed by atoms with Crippen LogP contribution in [-0.2, 0) is 0 Å². The lowest BCUT2D eigenvalue weighted by Crippen LogP contribution is -2.45. The fourth-order valence-electron chi connectivity index (χ4n) is 4.10. The number of benzene rings is 1. The van der Waals surface area contributed by atoms with E-state index < -0.39 is 11.2 Å². The third-order valence-electron chi connectivity index (χ3n) is 5.74. The second-order valence-electron chi connectivity index (χ2n) is 7.83. The standard InChI is InChI=1S/C21H26FN3O3/c1-4-5-17(26)15-11-25-13(2)12-28-21-18(25)14(20(15)27)10-16(22)19(21)24-8-6-23(3)7-9-24/h10-11,13H,4-9,12H2,1-3H3. The maximum Gasteiger partial charge on any atom is 0.200 e. The fourth-order valence-corrected chi connectivity index (χ4v) is 4.10. The van der Waals surface area contributed by atoms with E-state index in [0.717, 1.165) is 13.1 Å². The van der Waals surface area contributed by atoms with E-state index in [4.69, 9.17) is 4.74 Å². The highest BCUT2D eigenvalue weighted by Crippen LogP contribution is 2.42. The molecule has 1 atom stereocenters. The number of carbonyl (C=O) groups excluding carboxylic acids is 1. The number of rotatable bonds is 4. The van der Waals surface area contributed by atoms with Crippen molar-refractivity contribution < 1.29 is 13.9 Å². The Morgan fingerprint density at radius 1 is 1.29 bits per heavy atom. The lowest BCUT2D eigenvalue weighted by Gasteiger charge is -2.37. The van der Waals surface area contributed by atoms with Gasteiger partial charge in [0.15, 0.2) is 22.8 Å². The van der Waals surface area contributed by atoms with Crippen molar-refractivity contribution >= 4 is 22.4 Å². The van der Waals surface area contributed by atoms with E-state index >= 15 is 4.39 Å². The van der Waals surface area contributed by atoms with Crippen molar-refractivity contribution in [2.45, 2.75) is 32.7 Å². The average molecular weight is 387 g/mol. The highest BCUT2D eigenvalue weighted by Gasteiger charge is 2.30. The lowest BCUT2D eigenvalue weighted by molar-refractivity contribution is 0.0979. The summed E-state index contributed by atoms with van der Waals surface area (Å²) < 4.78 is 23.1. The van der Waals surface area contributed by atoms with E-state index in [-0.39, 0.29) is 22.8 Å². The Labute approximate surface area is 163 Å². The summed E-state index contributed by atoms with van der Waals surface area (Å²) in [5, 5.41) is 0.221. The average Bonchev–Trinajstić information content (AvgIpc) is 2.67. The molecule has 2 aliphatic rings. The molecule has 1 unspecified atom stereocenters. The minimum absolute atomic E-state index is 0.0467. The summed E-state index contributed by atoms with van der Waals surface area (Å²) in [6.07, 6.45) is 2.61. The minimum atomic E-state index is -0.467. The zero-order valence-electron chi connectivity index (χ0n) is 16.6. The number of halogens is 1. The number of ether oxygens (including phenoxy) is 1. The number of hydrogen-bond donors (Lipinski definition) is 0. The van der Waals surface area contributed by atoms with Crippen LogP contribution in [0.15, 0.2) is 17.1 Å². The Balaban J connectivity index is 1.95. The molecule has 150 valence electrons. The highest BCUT2D eigenvalue weighted by atomic mass is 19.1. The van der Waals surface area contributed by atoms with E-state index in [1.165, 1.54) is 6.07 Å². The number of Topliss-reactive ketones (excluding diaryl/α,β-unsaturated/α-hetero) is 1. The number of carbonyl (C=O) groups is 1. The second-order valence-corrected chi connectivity index (χ2v) is 7.83. The van der Waals surface area contributed by atoms with Crippen LogP contribution >= 0.6 is 0 Å². The van der Waals surface area contributed by atoms with Gasteiger partial charge in [0.25, 0.3) is 0 Å². The van der Waals surface area contributed by atoms with Crippen LogP contribution in [0, 0.1) is 5.82 Å². The molecule has 0 aliphatic carbocycles. The molecule has 0 radical (unpaired) electrons. The monoisotopic (exact) mass is 387 g/mol. The summed E-state index contributed by atoms with van der Waals surface area (Å²) >= 11 is 0. The van der Waals surface area contributed by atoms with E-state index in [2.05, 4.69) is 4.90 Å². The summed E-state index contributed by atoms with van der Waals surface area (Å²) in [7, 11) is 2.04. The van der Waals surface area contributed by atoms with Gasteiger partial charge in [0.05, 0.1) is 22.5 Å². The number of nitrogens with zero attached hydrogens (tertiary/aromatic N) is 3. The zero-order valence-corrected chi connectivity index (χ0v) is 16.6. The van der Waals surface area contributed by atoms with Crippen LogP contribution in [-0.4, -0.2) is 55.1 Å². The van der Waals surface area contributed by atoms with Crippen LogP contribution in [0.2, 0.25) is 0 Å². The SMILES string of the molecule is CCCC(=O)c1cn2c3c(c(N4CCN(C)CC4)c(F)cc3c1=O)OCC2C. The Kier molecular flexibility index (Phi) is 4.87. The number of piperazine rings is 1. The van der Waals surface area contributed by atoms with Gasteiger partial charge in [0, 0.05) is 38.8 Å². The zero-order chi connectivity index (χ0) is 20.0. The molecule has 1 fully saturated rings. The first-order chi connectivity index (χ1) is 13.4. The van der Waals surface area contributed by atoms with Gasteiger partial charge < -0.3 is 19.1 Å². The minimum Gasteiger partial charge on any atom is -0.487 e. The topological polar surface area (TPSA) is 54.8 Å². The van der Waals surface area contributed by atoms with Crippen molar-refractivity contribution in [3.05, 3.63) is 33.9 Å². The quantitative estimate of drug-likeness (QED) is 0.755. The first kappa shape index (κ1) is 18.9. The molecule has 2 aromatic rings. The van der Waals surface area contributed by atoms with Crippen LogP contribution in [0.4, 0.5) is 10.1 Å². The molecule has 6 nitrogen and oxygen atoms in total. The molecule has 7 heteroatoms. The molecule has 2 aliphatic heterocycles. The van der Waals surface area contributed by atoms with Gasteiger partial charge in [-0.1, -0.05) is 6.92 Å². The number of likely N-dealkylation sites (N-methyl/N-ethyl adjacent to an activating group) is 1. The van der Waals surface area contributed by atoms with E-state index in [9.17, 15) is 9.59 Å². The van der Waals surface area contributed by atoms with E-state index in [1.54, 1.807) is 6.20 Å². The Hall–Kier alpha value is -2.41. The van der Waals surface area contributed by atoms with Crippen LogP contribution in [0.25, 0.3) is 10.9 Å². The molecule has 0 amide bonds. The summed E-state index contributed by atoms with van der Waals surface area (Å²) in [6, 6.07) is 1.24. The molecule has 28 heavy (non-hydrogen) atoms. The van der Waals surface area contributed by atoms with Crippen molar-refractivity contribution in [1.29, 1.82) is 0 Å². The predicted octanol–water partition coefficient (Wildman–Crippen LogP) is 2.83. The number of hydrogen-bond acceptors (Lipinski definition) is 5. The molecule has 0 spiro atoms. The third-order valence-corrected chi connectivity index (χ3v) is 5.74. The molecule has 0 bridgehead atoms. The van der Waals surface area contributed by atoms with Gasteiger partial charge in [0.2, 0.25) is 0 Å². The van der Waals surface area contributed by atoms with E-state index in [1.807, 2.05) is 30.4 Å². The fraction of sp³-hybridized carbons (Fsp3) is 0.524.